The number of thioether (sulfide) groups is 1. The summed E-state index contributed by atoms with van der Waals surface area (Å²) in [6.45, 7) is 4.19. The van der Waals surface area contributed by atoms with Gasteiger partial charge in [-0.15, -0.1) is 21.5 Å². The molecule has 2 heterocycles. The number of rotatable bonds is 6. The van der Waals surface area contributed by atoms with Gasteiger partial charge in [-0.25, -0.2) is 4.98 Å². The van der Waals surface area contributed by atoms with E-state index in [0.717, 1.165) is 37.2 Å². The molecule has 4 rings (SSSR count). The maximum Gasteiger partial charge on any atom is 0.210 e. The van der Waals surface area contributed by atoms with Gasteiger partial charge in [0.05, 0.1) is 5.69 Å². The molecule has 27 heavy (non-hydrogen) atoms. The van der Waals surface area contributed by atoms with E-state index in [2.05, 4.69) is 65.1 Å². The van der Waals surface area contributed by atoms with Crippen LogP contribution < -0.4 is 5.32 Å². The van der Waals surface area contributed by atoms with Gasteiger partial charge in [0, 0.05) is 22.4 Å². The fourth-order valence-electron chi connectivity index (χ4n) is 2.61. The monoisotopic (exact) mass is 410 g/mol. The molecule has 1 N–H and O–H groups in total. The highest BCUT2D eigenvalue weighted by Crippen LogP contribution is 2.32. The zero-order valence-corrected chi connectivity index (χ0v) is 17.4. The number of anilines is 2. The Morgan fingerprint density at radius 2 is 1.89 bits per heavy atom. The van der Waals surface area contributed by atoms with Crippen LogP contribution in [0.3, 0.4) is 0 Å². The number of nitrogens with zero attached hydrogens (tertiary/aromatic N) is 3. The fraction of sp³-hybridized carbons (Fsp3) is 0.150. The first-order chi connectivity index (χ1) is 13.2. The molecular weight excluding hydrogens is 392 g/mol. The highest BCUT2D eigenvalue weighted by atomic mass is 32.2. The van der Waals surface area contributed by atoms with Crippen molar-refractivity contribution in [3.05, 3.63) is 70.7 Å². The smallest absolute Gasteiger partial charge is 0.210 e. The normalized spacial score (nSPS) is 10.9. The zero-order chi connectivity index (χ0) is 18.6. The second-order valence-corrected chi connectivity index (χ2v) is 9.17. The Morgan fingerprint density at radius 1 is 1.04 bits per heavy atom. The second-order valence-electron chi connectivity index (χ2n) is 6.12. The van der Waals surface area contributed by atoms with E-state index in [1.54, 1.807) is 34.4 Å². The number of hydrogen-bond donors (Lipinski definition) is 1. The van der Waals surface area contributed by atoms with Crippen molar-refractivity contribution >= 4 is 45.3 Å². The first-order valence-corrected chi connectivity index (χ1v) is 11.2. The molecule has 0 amide bonds. The fourth-order valence-corrected chi connectivity index (χ4v) is 5.20. The first-order valence-electron chi connectivity index (χ1n) is 8.48. The van der Waals surface area contributed by atoms with Crippen molar-refractivity contribution in [1.82, 2.24) is 15.2 Å². The average molecular weight is 411 g/mol. The van der Waals surface area contributed by atoms with E-state index in [4.69, 9.17) is 4.98 Å². The van der Waals surface area contributed by atoms with Gasteiger partial charge in [-0.05, 0) is 25.5 Å². The largest absolute Gasteiger partial charge is 0.330 e. The zero-order valence-electron chi connectivity index (χ0n) is 15.0. The molecule has 0 saturated heterocycles. The molecule has 0 atom stereocenters. The van der Waals surface area contributed by atoms with Crippen molar-refractivity contribution in [1.29, 1.82) is 0 Å². The summed E-state index contributed by atoms with van der Waals surface area (Å²) in [7, 11) is 0. The lowest BCUT2D eigenvalue weighted by atomic mass is 10.1. The van der Waals surface area contributed by atoms with Crippen LogP contribution in [-0.4, -0.2) is 15.2 Å². The van der Waals surface area contributed by atoms with Crippen molar-refractivity contribution in [2.75, 3.05) is 5.32 Å². The lowest BCUT2D eigenvalue weighted by Crippen LogP contribution is -1.92. The minimum absolute atomic E-state index is 0.793. The molecule has 0 saturated carbocycles. The average Bonchev–Trinajstić information content (AvgIpc) is 3.32. The van der Waals surface area contributed by atoms with E-state index in [-0.39, 0.29) is 0 Å². The molecule has 2 aromatic carbocycles. The van der Waals surface area contributed by atoms with Gasteiger partial charge in [-0.1, -0.05) is 71.1 Å². The van der Waals surface area contributed by atoms with Crippen LogP contribution >= 0.6 is 34.4 Å². The predicted molar refractivity (Wildman–Crippen MR) is 116 cm³/mol. The molecular formula is C20H18N4S3. The standard InChI is InChI=1S/C20H18N4S3/c1-13-8-9-17(14(2)10-13)22-19-23-24-20(27-19)26-12-16-11-25-18(21-16)15-6-4-3-5-7-15/h3-11H,12H2,1-2H3,(H,22,23). The molecule has 4 nitrogen and oxygen atoms in total. The molecule has 0 unspecified atom stereocenters. The van der Waals surface area contributed by atoms with E-state index < -0.39 is 0 Å². The number of nitrogens with one attached hydrogen (secondary N) is 1. The highest BCUT2D eigenvalue weighted by Gasteiger charge is 2.09. The number of thiazole rings is 1. The van der Waals surface area contributed by atoms with Gasteiger partial charge in [0.25, 0.3) is 0 Å². The predicted octanol–water partition coefficient (Wildman–Crippen LogP) is 6.31. The van der Waals surface area contributed by atoms with Crippen LogP contribution in [0.5, 0.6) is 0 Å². The molecule has 0 radical (unpaired) electrons. The van der Waals surface area contributed by atoms with Gasteiger partial charge in [0.2, 0.25) is 5.13 Å². The van der Waals surface area contributed by atoms with Crippen LogP contribution in [-0.2, 0) is 5.75 Å². The summed E-state index contributed by atoms with van der Waals surface area (Å²) >= 11 is 4.92. The third-order valence-electron chi connectivity index (χ3n) is 3.95. The lowest BCUT2D eigenvalue weighted by molar-refractivity contribution is 1.01. The van der Waals surface area contributed by atoms with Gasteiger partial charge in [0.15, 0.2) is 4.34 Å². The van der Waals surface area contributed by atoms with E-state index in [1.165, 1.54) is 11.1 Å². The number of aromatic nitrogens is 3. The summed E-state index contributed by atoms with van der Waals surface area (Å²) < 4.78 is 0.941. The Kier molecular flexibility index (Phi) is 5.52. The van der Waals surface area contributed by atoms with Crippen LogP contribution in [0.2, 0.25) is 0 Å². The van der Waals surface area contributed by atoms with Crippen molar-refractivity contribution in [2.45, 2.75) is 23.9 Å². The Balaban J connectivity index is 1.38. The minimum atomic E-state index is 0.793. The SMILES string of the molecule is Cc1ccc(Nc2nnc(SCc3csc(-c4ccccc4)n3)s2)c(C)c1. The van der Waals surface area contributed by atoms with E-state index >= 15 is 0 Å². The van der Waals surface area contributed by atoms with Crippen LogP contribution in [0.15, 0.2) is 58.3 Å². The molecule has 0 fully saturated rings. The maximum atomic E-state index is 4.73. The van der Waals surface area contributed by atoms with Crippen LogP contribution in [0.25, 0.3) is 10.6 Å². The minimum Gasteiger partial charge on any atom is -0.330 e. The van der Waals surface area contributed by atoms with Crippen LogP contribution in [0.4, 0.5) is 10.8 Å². The molecule has 0 aliphatic rings. The first kappa shape index (κ1) is 18.2. The van der Waals surface area contributed by atoms with E-state index in [0.29, 0.717) is 0 Å². The van der Waals surface area contributed by atoms with Gasteiger partial charge in [0.1, 0.15) is 5.01 Å². The Morgan fingerprint density at radius 3 is 2.70 bits per heavy atom. The summed E-state index contributed by atoms with van der Waals surface area (Å²) in [5, 5.41) is 15.9. The molecule has 0 aliphatic carbocycles. The number of hydrogen-bond acceptors (Lipinski definition) is 7. The van der Waals surface area contributed by atoms with E-state index in [1.807, 2.05) is 18.2 Å². The Hall–Kier alpha value is -2.22. The second kappa shape index (κ2) is 8.21. The van der Waals surface area contributed by atoms with Gasteiger partial charge in [-0.2, -0.15) is 0 Å². The molecule has 4 aromatic rings. The summed E-state index contributed by atoms with van der Waals surface area (Å²) in [6.07, 6.45) is 0. The van der Waals surface area contributed by atoms with Gasteiger partial charge >= 0.3 is 0 Å². The number of aryl methyl sites for hydroxylation is 2. The quantitative estimate of drug-likeness (QED) is 0.377. The van der Waals surface area contributed by atoms with Crippen LogP contribution in [0, 0.1) is 13.8 Å². The Bertz CT molecular complexity index is 1040. The van der Waals surface area contributed by atoms with Crippen LogP contribution in [0.1, 0.15) is 16.8 Å². The summed E-state index contributed by atoms with van der Waals surface area (Å²) in [6, 6.07) is 16.6. The molecule has 0 bridgehead atoms. The summed E-state index contributed by atoms with van der Waals surface area (Å²) in [4.78, 5) is 4.73. The highest BCUT2D eigenvalue weighted by molar-refractivity contribution is 8.00. The topological polar surface area (TPSA) is 50.7 Å². The van der Waals surface area contributed by atoms with Gasteiger partial charge in [-0.3, -0.25) is 0 Å². The summed E-state index contributed by atoms with van der Waals surface area (Å²) in [5.41, 5.74) is 5.76. The molecule has 2 aromatic heterocycles. The molecule has 7 heteroatoms. The lowest BCUT2D eigenvalue weighted by Gasteiger charge is -2.06. The van der Waals surface area contributed by atoms with Gasteiger partial charge < -0.3 is 5.32 Å². The molecule has 0 aliphatic heterocycles. The van der Waals surface area contributed by atoms with E-state index in [9.17, 15) is 0 Å². The van der Waals surface area contributed by atoms with Crippen molar-refractivity contribution < 1.29 is 0 Å². The molecule has 136 valence electrons. The third kappa shape index (κ3) is 4.55. The Labute approximate surface area is 170 Å². The maximum absolute atomic E-state index is 4.73. The van der Waals surface area contributed by atoms with Crippen molar-refractivity contribution in [3.8, 4) is 10.6 Å². The third-order valence-corrected chi connectivity index (χ3v) is 6.89. The van der Waals surface area contributed by atoms with Crippen molar-refractivity contribution in [3.63, 3.8) is 0 Å². The summed E-state index contributed by atoms with van der Waals surface area (Å²) in [5.74, 6) is 0.793. The van der Waals surface area contributed by atoms with Crippen molar-refractivity contribution in [2.24, 2.45) is 0 Å². The molecule has 0 spiro atoms. The number of benzene rings is 2.